The Morgan fingerprint density at radius 2 is 1.69 bits per heavy atom. The number of anilines is 1. The van der Waals surface area contributed by atoms with E-state index in [0.29, 0.717) is 12.5 Å². The molecule has 1 saturated carbocycles. The van der Waals surface area contributed by atoms with Gasteiger partial charge < -0.3 is 16.8 Å². The molecule has 6 heteroatoms. The first kappa shape index (κ1) is 24.6. The standard InChI is InChI=1S/C29H34N4O2/c1-19(34)33-25-9-5-8-23(16-25)24-14-15-32-27(17-24)28(21-10-12-22(13-11-21)29(31)35)26(18-30)20-6-3-2-4-7-20/h2-9,14-17,21-22,26,28H,10-13,18,30H2,1H3,(H2,31,35)(H,33,34). The third-order valence-corrected chi connectivity index (χ3v) is 7.24. The Morgan fingerprint density at radius 1 is 0.971 bits per heavy atom. The zero-order valence-electron chi connectivity index (χ0n) is 20.2. The normalized spacial score (nSPS) is 19.5. The Morgan fingerprint density at radius 3 is 2.34 bits per heavy atom. The molecule has 0 spiro atoms. The number of amides is 2. The molecule has 0 saturated heterocycles. The Hall–Kier alpha value is -3.51. The monoisotopic (exact) mass is 470 g/mol. The minimum atomic E-state index is -0.197. The quantitative estimate of drug-likeness (QED) is 0.438. The van der Waals surface area contributed by atoms with Crippen molar-refractivity contribution in [2.24, 2.45) is 23.3 Å². The molecule has 0 bridgehead atoms. The fraction of sp³-hybridized carbons (Fsp3) is 0.345. The van der Waals surface area contributed by atoms with Gasteiger partial charge in [0.05, 0.1) is 0 Å². The predicted molar refractivity (Wildman–Crippen MR) is 140 cm³/mol. The third-order valence-electron chi connectivity index (χ3n) is 7.24. The Balaban J connectivity index is 1.71. The van der Waals surface area contributed by atoms with E-state index < -0.39 is 0 Å². The highest BCUT2D eigenvalue weighted by Crippen LogP contribution is 2.45. The number of nitrogens with two attached hydrogens (primary N) is 2. The van der Waals surface area contributed by atoms with Gasteiger partial charge in [-0.05, 0) is 79.1 Å². The maximum absolute atomic E-state index is 11.8. The van der Waals surface area contributed by atoms with Crippen LogP contribution >= 0.6 is 0 Å². The minimum Gasteiger partial charge on any atom is -0.369 e. The molecular weight excluding hydrogens is 436 g/mol. The zero-order chi connectivity index (χ0) is 24.8. The summed E-state index contributed by atoms with van der Waals surface area (Å²) in [6.45, 7) is 2.01. The molecule has 0 radical (unpaired) electrons. The van der Waals surface area contributed by atoms with Gasteiger partial charge in [-0.2, -0.15) is 0 Å². The summed E-state index contributed by atoms with van der Waals surface area (Å²) < 4.78 is 0. The van der Waals surface area contributed by atoms with Crippen molar-refractivity contribution in [2.75, 3.05) is 11.9 Å². The van der Waals surface area contributed by atoms with Crippen molar-refractivity contribution in [3.8, 4) is 11.1 Å². The summed E-state index contributed by atoms with van der Waals surface area (Å²) in [5.74, 6) is 0.244. The molecule has 4 rings (SSSR count). The topological polar surface area (TPSA) is 111 Å². The molecule has 1 heterocycles. The third kappa shape index (κ3) is 5.95. The van der Waals surface area contributed by atoms with Gasteiger partial charge in [0.1, 0.15) is 0 Å². The summed E-state index contributed by atoms with van der Waals surface area (Å²) >= 11 is 0. The van der Waals surface area contributed by atoms with E-state index in [1.165, 1.54) is 12.5 Å². The average molecular weight is 471 g/mol. The van der Waals surface area contributed by atoms with Crippen LogP contribution in [0.4, 0.5) is 5.69 Å². The van der Waals surface area contributed by atoms with Gasteiger partial charge in [0.25, 0.3) is 0 Å². The molecule has 1 aromatic heterocycles. The van der Waals surface area contributed by atoms with Gasteiger partial charge in [-0.1, -0.05) is 42.5 Å². The molecule has 0 aliphatic heterocycles. The number of carbonyl (C=O) groups excluding carboxylic acids is 2. The molecule has 5 N–H and O–H groups in total. The van der Waals surface area contributed by atoms with E-state index in [2.05, 4.69) is 35.6 Å². The number of nitrogens with zero attached hydrogens (tertiary/aromatic N) is 1. The van der Waals surface area contributed by atoms with Crippen LogP contribution in [0.3, 0.4) is 0 Å². The lowest BCUT2D eigenvalue weighted by Crippen LogP contribution is -2.33. The number of carbonyl (C=O) groups is 2. The summed E-state index contributed by atoms with van der Waals surface area (Å²) in [5.41, 5.74) is 17.0. The highest BCUT2D eigenvalue weighted by molar-refractivity contribution is 5.89. The molecule has 2 amide bonds. The first-order valence-electron chi connectivity index (χ1n) is 12.3. The Labute approximate surface area is 207 Å². The van der Waals surface area contributed by atoms with E-state index in [1.807, 2.05) is 42.6 Å². The van der Waals surface area contributed by atoms with Crippen molar-refractivity contribution in [1.29, 1.82) is 0 Å². The number of pyridine rings is 1. The molecule has 1 aliphatic carbocycles. The van der Waals surface area contributed by atoms with Crippen LogP contribution in [-0.2, 0) is 9.59 Å². The van der Waals surface area contributed by atoms with E-state index in [1.54, 1.807) is 0 Å². The number of hydrogen-bond donors (Lipinski definition) is 3. The van der Waals surface area contributed by atoms with Crippen LogP contribution in [0, 0.1) is 11.8 Å². The van der Waals surface area contributed by atoms with Crippen LogP contribution in [0.15, 0.2) is 72.9 Å². The van der Waals surface area contributed by atoms with Crippen molar-refractivity contribution in [3.05, 3.63) is 84.2 Å². The lowest BCUT2D eigenvalue weighted by molar-refractivity contribution is -0.123. The van der Waals surface area contributed by atoms with E-state index in [0.717, 1.165) is 48.2 Å². The summed E-state index contributed by atoms with van der Waals surface area (Å²) in [7, 11) is 0. The second kappa shape index (κ2) is 11.3. The van der Waals surface area contributed by atoms with E-state index in [-0.39, 0.29) is 29.6 Å². The fourth-order valence-electron chi connectivity index (χ4n) is 5.52. The van der Waals surface area contributed by atoms with E-state index in [9.17, 15) is 9.59 Å². The first-order chi connectivity index (χ1) is 17.0. The number of rotatable bonds is 8. The lowest BCUT2D eigenvalue weighted by atomic mass is 9.68. The summed E-state index contributed by atoms with van der Waals surface area (Å²) in [4.78, 5) is 28.1. The Kier molecular flexibility index (Phi) is 7.93. The maximum Gasteiger partial charge on any atom is 0.221 e. The number of benzene rings is 2. The maximum atomic E-state index is 11.8. The number of aromatic nitrogens is 1. The van der Waals surface area contributed by atoms with Crippen molar-refractivity contribution >= 4 is 17.5 Å². The van der Waals surface area contributed by atoms with Crippen molar-refractivity contribution in [1.82, 2.24) is 4.98 Å². The molecule has 2 atom stereocenters. The smallest absolute Gasteiger partial charge is 0.221 e. The molecule has 182 valence electrons. The molecule has 3 aromatic rings. The number of nitrogens with one attached hydrogen (secondary N) is 1. The largest absolute Gasteiger partial charge is 0.369 e. The van der Waals surface area contributed by atoms with E-state index >= 15 is 0 Å². The first-order valence-corrected chi connectivity index (χ1v) is 12.3. The second-order valence-electron chi connectivity index (χ2n) is 9.52. The SMILES string of the molecule is CC(=O)Nc1cccc(-c2ccnc(C(C3CCC(C(N)=O)CC3)C(CN)c3ccccc3)c2)c1. The van der Waals surface area contributed by atoms with Crippen LogP contribution in [0.1, 0.15) is 55.7 Å². The van der Waals surface area contributed by atoms with Gasteiger partial charge in [0.2, 0.25) is 11.8 Å². The van der Waals surface area contributed by atoms with Gasteiger partial charge in [-0.3, -0.25) is 14.6 Å². The van der Waals surface area contributed by atoms with Crippen LogP contribution in [0.2, 0.25) is 0 Å². The Bertz CT molecular complexity index is 1160. The van der Waals surface area contributed by atoms with Crippen LogP contribution in [-0.4, -0.2) is 23.3 Å². The van der Waals surface area contributed by atoms with Crippen molar-refractivity contribution in [2.45, 2.75) is 44.4 Å². The molecule has 6 nitrogen and oxygen atoms in total. The zero-order valence-corrected chi connectivity index (χ0v) is 20.2. The highest BCUT2D eigenvalue weighted by atomic mass is 16.1. The van der Waals surface area contributed by atoms with Crippen LogP contribution in [0.25, 0.3) is 11.1 Å². The van der Waals surface area contributed by atoms with Gasteiger partial charge in [-0.25, -0.2) is 0 Å². The van der Waals surface area contributed by atoms with Crippen molar-refractivity contribution < 1.29 is 9.59 Å². The van der Waals surface area contributed by atoms with Gasteiger partial charge in [0, 0.05) is 42.3 Å². The van der Waals surface area contributed by atoms with E-state index in [4.69, 9.17) is 16.5 Å². The molecule has 35 heavy (non-hydrogen) atoms. The highest BCUT2D eigenvalue weighted by Gasteiger charge is 2.36. The molecular formula is C29H34N4O2. The van der Waals surface area contributed by atoms with Gasteiger partial charge >= 0.3 is 0 Å². The molecule has 1 aliphatic rings. The number of primary amides is 1. The van der Waals surface area contributed by atoms with Crippen LogP contribution in [0.5, 0.6) is 0 Å². The summed E-state index contributed by atoms with van der Waals surface area (Å²) in [5, 5.41) is 2.86. The predicted octanol–water partition coefficient (Wildman–Crippen LogP) is 4.82. The average Bonchev–Trinajstić information content (AvgIpc) is 2.87. The summed E-state index contributed by atoms with van der Waals surface area (Å²) in [6.07, 6.45) is 5.31. The van der Waals surface area contributed by atoms with Gasteiger partial charge in [-0.15, -0.1) is 0 Å². The summed E-state index contributed by atoms with van der Waals surface area (Å²) in [6, 6.07) is 22.4. The van der Waals surface area contributed by atoms with Crippen LogP contribution < -0.4 is 16.8 Å². The van der Waals surface area contributed by atoms with Gasteiger partial charge in [0.15, 0.2) is 0 Å². The molecule has 2 unspecified atom stereocenters. The molecule has 2 aromatic carbocycles. The fourth-order valence-corrected chi connectivity index (χ4v) is 5.52. The minimum absolute atomic E-state index is 0.0456. The number of hydrogen-bond acceptors (Lipinski definition) is 4. The molecule has 1 fully saturated rings. The lowest BCUT2D eigenvalue weighted by Gasteiger charge is -2.37. The second-order valence-corrected chi connectivity index (χ2v) is 9.52. The van der Waals surface area contributed by atoms with Crippen molar-refractivity contribution in [3.63, 3.8) is 0 Å².